The van der Waals surface area contributed by atoms with Gasteiger partial charge in [-0.05, 0) is 12.8 Å². The molecule has 21 heavy (non-hydrogen) atoms. The third-order valence-corrected chi connectivity index (χ3v) is 3.68. The maximum absolute atomic E-state index is 13.7. The van der Waals surface area contributed by atoms with Gasteiger partial charge in [0.05, 0.1) is 5.56 Å². The minimum absolute atomic E-state index is 0.0764. The largest absolute Gasteiger partial charge is 0.262 e. The van der Waals surface area contributed by atoms with E-state index in [1.165, 1.54) is 0 Å². The van der Waals surface area contributed by atoms with Crippen LogP contribution >= 0.6 is 0 Å². The second-order valence-electron chi connectivity index (χ2n) is 4.97. The normalized spacial score (nSPS) is 15.9. The van der Waals surface area contributed by atoms with Crippen molar-refractivity contribution in [3.63, 3.8) is 0 Å². The van der Waals surface area contributed by atoms with Gasteiger partial charge < -0.3 is 0 Å². The highest BCUT2D eigenvalue weighted by molar-refractivity contribution is 5.57. The molecule has 3 nitrogen and oxygen atoms in total. The van der Waals surface area contributed by atoms with Crippen LogP contribution < -0.4 is 0 Å². The Morgan fingerprint density at radius 3 is 1.90 bits per heavy atom. The molecule has 0 aliphatic heterocycles. The molecule has 0 amide bonds. The molecule has 1 saturated carbocycles. The van der Waals surface area contributed by atoms with E-state index in [0.717, 1.165) is 25.7 Å². The maximum Gasteiger partial charge on any atom is 0.200 e. The first-order chi connectivity index (χ1) is 10.0. The third-order valence-electron chi connectivity index (χ3n) is 3.68. The Morgan fingerprint density at radius 1 is 0.810 bits per heavy atom. The van der Waals surface area contributed by atoms with Crippen LogP contribution in [0.3, 0.4) is 0 Å². The molecule has 0 unspecified atom stereocenters. The van der Waals surface area contributed by atoms with Crippen molar-refractivity contribution in [1.29, 1.82) is 0 Å². The van der Waals surface area contributed by atoms with E-state index in [1.807, 2.05) is 0 Å². The van der Waals surface area contributed by atoms with E-state index in [2.05, 4.69) is 15.2 Å². The summed E-state index contributed by atoms with van der Waals surface area (Å²) < 4.78 is 66.6. The molecule has 1 heterocycles. The van der Waals surface area contributed by atoms with Crippen LogP contribution in [0, 0.1) is 29.1 Å². The highest BCUT2D eigenvalue weighted by atomic mass is 19.2. The Bertz CT molecular complexity index is 662. The Labute approximate surface area is 116 Å². The van der Waals surface area contributed by atoms with Gasteiger partial charge in [0.25, 0.3) is 0 Å². The summed E-state index contributed by atoms with van der Waals surface area (Å²) in [6, 6.07) is 0. The summed E-state index contributed by atoms with van der Waals surface area (Å²) in [5.74, 6) is -10.1. The number of halogens is 5. The third kappa shape index (κ3) is 2.18. The molecule has 1 aromatic heterocycles. The van der Waals surface area contributed by atoms with E-state index < -0.39 is 40.5 Å². The lowest BCUT2D eigenvalue weighted by Gasteiger charge is -2.05. The van der Waals surface area contributed by atoms with Crippen molar-refractivity contribution in [2.24, 2.45) is 0 Å². The number of nitrogens with one attached hydrogen (secondary N) is 1. The van der Waals surface area contributed by atoms with Crippen LogP contribution in [0.5, 0.6) is 0 Å². The smallest absolute Gasteiger partial charge is 0.200 e. The SMILES string of the molecule is Fc1c(F)c(F)c(-c2n[nH]c(C3CCCC3)n2)c(F)c1F. The van der Waals surface area contributed by atoms with E-state index in [9.17, 15) is 22.0 Å². The van der Waals surface area contributed by atoms with Gasteiger partial charge in [-0.2, -0.15) is 5.10 Å². The number of hydrogen-bond donors (Lipinski definition) is 1. The highest BCUT2D eigenvalue weighted by Crippen LogP contribution is 2.34. The summed E-state index contributed by atoms with van der Waals surface area (Å²) in [6.07, 6.45) is 3.71. The molecule has 1 aliphatic carbocycles. The van der Waals surface area contributed by atoms with Crippen molar-refractivity contribution in [2.45, 2.75) is 31.6 Å². The van der Waals surface area contributed by atoms with Gasteiger partial charge in [-0.25, -0.2) is 26.9 Å². The molecule has 2 aromatic rings. The lowest BCUT2D eigenvalue weighted by atomic mass is 10.1. The fourth-order valence-electron chi connectivity index (χ4n) is 2.57. The van der Waals surface area contributed by atoms with Crippen LogP contribution in [0.25, 0.3) is 11.4 Å². The maximum atomic E-state index is 13.7. The van der Waals surface area contributed by atoms with E-state index in [1.54, 1.807) is 0 Å². The van der Waals surface area contributed by atoms with Crippen molar-refractivity contribution in [2.75, 3.05) is 0 Å². The molecule has 1 fully saturated rings. The Balaban J connectivity index is 2.08. The fourth-order valence-corrected chi connectivity index (χ4v) is 2.57. The zero-order valence-corrected chi connectivity index (χ0v) is 10.7. The molecule has 1 aromatic carbocycles. The Hall–Kier alpha value is -1.99. The van der Waals surface area contributed by atoms with Crippen molar-refractivity contribution in [3.05, 3.63) is 34.9 Å². The first-order valence-corrected chi connectivity index (χ1v) is 6.44. The van der Waals surface area contributed by atoms with Crippen molar-refractivity contribution in [1.82, 2.24) is 15.2 Å². The predicted molar refractivity (Wildman–Crippen MR) is 62.8 cm³/mol. The quantitative estimate of drug-likeness (QED) is 0.520. The molecule has 1 N–H and O–H groups in total. The number of nitrogens with zero attached hydrogens (tertiary/aromatic N) is 2. The van der Waals surface area contributed by atoms with Gasteiger partial charge in [0.15, 0.2) is 29.1 Å². The van der Waals surface area contributed by atoms with Crippen LogP contribution in [0.4, 0.5) is 22.0 Å². The molecule has 3 rings (SSSR count). The summed E-state index contributed by atoms with van der Waals surface area (Å²) in [4.78, 5) is 3.89. The number of aromatic nitrogens is 3. The van der Waals surface area contributed by atoms with Gasteiger partial charge >= 0.3 is 0 Å². The average molecular weight is 303 g/mol. The summed E-state index contributed by atoms with van der Waals surface area (Å²) >= 11 is 0. The first-order valence-electron chi connectivity index (χ1n) is 6.44. The van der Waals surface area contributed by atoms with Crippen LogP contribution in [-0.2, 0) is 0 Å². The van der Waals surface area contributed by atoms with Gasteiger partial charge in [-0.15, -0.1) is 0 Å². The molecule has 8 heteroatoms. The van der Waals surface area contributed by atoms with Crippen LogP contribution in [-0.4, -0.2) is 15.2 Å². The summed E-state index contributed by atoms with van der Waals surface area (Å²) in [7, 11) is 0. The zero-order chi connectivity index (χ0) is 15.1. The molecular weight excluding hydrogens is 293 g/mol. The molecular formula is C13H10F5N3. The van der Waals surface area contributed by atoms with Crippen LogP contribution in [0.15, 0.2) is 0 Å². The summed E-state index contributed by atoms with van der Waals surface area (Å²) in [5, 5.41) is 6.11. The highest BCUT2D eigenvalue weighted by Gasteiger charge is 2.29. The van der Waals surface area contributed by atoms with Crippen LogP contribution in [0.1, 0.15) is 37.4 Å². The number of rotatable bonds is 2. The second kappa shape index (κ2) is 5.09. The standard InChI is InChI=1S/C13H10F5N3/c14-7-6(8(15)10(17)11(18)9(7)16)13-19-12(20-21-13)5-3-1-2-4-5/h5H,1-4H2,(H,19,20,21). The number of H-pyrrole nitrogens is 1. The lowest BCUT2D eigenvalue weighted by Crippen LogP contribution is -2.05. The van der Waals surface area contributed by atoms with Crippen molar-refractivity contribution < 1.29 is 22.0 Å². The molecule has 1 aliphatic rings. The molecule has 0 saturated heterocycles. The minimum Gasteiger partial charge on any atom is -0.262 e. The predicted octanol–water partition coefficient (Wildman–Crippen LogP) is 3.82. The van der Waals surface area contributed by atoms with Crippen LogP contribution in [0.2, 0.25) is 0 Å². The fraction of sp³-hybridized carbons (Fsp3) is 0.385. The van der Waals surface area contributed by atoms with E-state index in [0.29, 0.717) is 5.82 Å². The van der Waals surface area contributed by atoms with Crippen molar-refractivity contribution in [3.8, 4) is 11.4 Å². The summed E-state index contributed by atoms with van der Waals surface area (Å²) in [5.41, 5.74) is -1.10. The topological polar surface area (TPSA) is 41.6 Å². The molecule has 112 valence electrons. The van der Waals surface area contributed by atoms with Gasteiger partial charge in [0.2, 0.25) is 5.82 Å². The number of benzene rings is 1. The van der Waals surface area contributed by atoms with Crippen molar-refractivity contribution >= 4 is 0 Å². The van der Waals surface area contributed by atoms with E-state index in [4.69, 9.17) is 0 Å². The van der Waals surface area contributed by atoms with Gasteiger partial charge in [0, 0.05) is 5.92 Å². The lowest BCUT2D eigenvalue weighted by molar-refractivity contribution is 0.381. The zero-order valence-electron chi connectivity index (χ0n) is 10.7. The summed E-state index contributed by atoms with van der Waals surface area (Å²) in [6.45, 7) is 0. The Kier molecular flexibility index (Phi) is 3.38. The number of aromatic amines is 1. The molecule has 0 radical (unpaired) electrons. The second-order valence-corrected chi connectivity index (χ2v) is 4.97. The monoisotopic (exact) mass is 303 g/mol. The average Bonchev–Trinajstić information content (AvgIpc) is 3.14. The minimum atomic E-state index is -2.19. The van der Waals surface area contributed by atoms with E-state index in [-0.39, 0.29) is 5.92 Å². The Morgan fingerprint density at radius 2 is 1.33 bits per heavy atom. The number of hydrogen-bond acceptors (Lipinski definition) is 2. The van der Waals surface area contributed by atoms with Gasteiger partial charge in [0.1, 0.15) is 5.82 Å². The molecule has 0 atom stereocenters. The molecule has 0 spiro atoms. The van der Waals surface area contributed by atoms with E-state index >= 15 is 0 Å². The van der Waals surface area contributed by atoms with Gasteiger partial charge in [-0.3, -0.25) is 5.10 Å². The first kappa shape index (κ1) is 14.0. The molecule has 0 bridgehead atoms. The van der Waals surface area contributed by atoms with Gasteiger partial charge in [-0.1, -0.05) is 12.8 Å².